The highest BCUT2D eigenvalue weighted by atomic mass is 32.2. The minimum Gasteiger partial charge on any atom is -0.283 e. The second-order valence-corrected chi connectivity index (χ2v) is 9.99. The van der Waals surface area contributed by atoms with Crippen LogP contribution < -0.4 is 10.5 Å². The fourth-order valence-corrected chi connectivity index (χ4v) is 5.14. The monoisotopic (exact) mass is 583 g/mol. The van der Waals surface area contributed by atoms with Gasteiger partial charge in [-0.25, -0.2) is 9.58 Å². The number of nitrogens with zero attached hydrogens (tertiary/aromatic N) is 7. The Kier molecular flexibility index (Phi) is 7.62. The van der Waals surface area contributed by atoms with Gasteiger partial charge in [0.25, 0.3) is 22.8 Å². The molecule has 1 fully saturated rings. The van der Waals surface area contributed by atoms with E-state index in [9.17, 15) is 29.8 Å². The molecule has 0 unspecified atom stereocenters. The second kappa shape index (κ2) is 11.5. The summed E-state index contributed by atoms with van der Waals surface area (Å²) in [6.07, 6.45) is 2.93. The Balaban J connectivity index is 1.58. The number of carbonyl (C=O) groups excluding carboxylic acids is 1. The third-order valence-electron chi connectivity index (χ3n) is 6.41. The Morgan fingerprint density at radius 1 is 0.833 bits per heavy atom. The van der Waals surface area contributed by atoms with Crippen molar-refractivity contribution in [3.8, 4) is 5.69 Å². The minimum atomic E-state index is -0.520. The Morgan fingerprint density at radius 3 is 1.98 bits per heavy atom. The molecular weight excluding hydrogens is 562 g/mol. The van der Waals surface area contributed by atoms with Gasteiger partial charge < -0.3 is 0 Å². The van der Waals surface area contributed by atoms with E-state index >= 15 is 0 Å². The number of para-hydroxylation sites is 1. The molecule has 0 radical (unpaired) electrons. The first-order valence-electron chi connectivity index (χ1n) is 12.3. The summed E-state index contributed by atoms with van der Waals surface area (Å²) in [6.45, 7) is 1.71. The highest BCUT2D eigenvalue weighted by Crippen LogP contribution is 2.36. The topological polar surface area (TPSA) is 158 Å². The molecule has 42 heavy (non-hydrogen) atoms. The summed E-state index contributed by atoms with van der Waals surface area (Å²) in [7, 11) is 1.71. The molecule has 13 nitrogen and oxygen atoms in total. The lowest BCUT2D eigenvalue weighted by atomic mass is 10.2. The van der Waals surface area contributed by atoms with Crippen LogP contribution in [0.1, 0.15) is 16.8 Å². The zero-order valence-electron chi connectivity index (χ0n) is 22.1. The first-order valence-corrected chi connectivity index (χ1v) is 13.2. The normalized spacial score (nSPS) is 15.3. The Hall–Kier alpha value is -5.63. The van der Waals surface area contributed by atoms with Crippen molar-refractivity contribution in [2.24, 2.45) is 17.3 Å². The summed E-state index contributed by atoms with van der Waals surface area (Å²) >= 11 is 0.990. The zero-order valence-corrected chi connectivity index (χ0v) is 23.0. The van der Waals surface area contributed by atoms with Crippen molar-refractivity contribution in [2.45, 2.75) is 6.92 Å². The molecule has 1 aromatic heterocycles. The number of nitro benzene ring substituents is 2. The number of nitro groups is 2. The van der Waals surface area contributed by atoms with Gasteiger partial charge >= 0.3 is 0 Å². The van der Waals surface area contributed by atoms with Crippen molar-refractivity contribution in [3.05, 3.63) is 131 Å². The fourth-order valence-electron chi connectivity index (χ4n) is 4.22. The van der Waals surface area contributed by atoms with Gasteiger partial charge in [0.1, 0.15) is 5.69 Å². The third kappa shape index (κ3) is 5.38. The molecule has 1 saturated heterocycles. The van der Waals surface area contributed by atoms with Crippen LogP contribution in [0, 0.1) is 27.2 Å². The number of benzene rings is 3. The largest absolute Gasteiger partial charge is 0.296 e. The van der Waals surface area contributed by atoms with Gasteiger partial charge in [-0.05, 0) is 72.3 Å². The van der Waals surface area contributed by atoms with E-state index in [1.807, 2.05) is 6.07 Å². The predicted octanol–water partition coefficient (Wildman–Crippen LogP) is 4.81. The van der Waals surface area contributed by atoms with Crippen molar-refractivity contribution in [2.75, 3.05) is 4.90 Å². The second-order valence-electron chi connectivity index (χ2n) is 8.99. The number of hydrogen-bond donors (Lipinski definition) is 0. The molecule has 0 saturated carbocycles. The summed E-state index contributed by atoms with van der Waals surface area (Å²) in [4.78, 5) is 49.9. The number of amidine groups is 1. The van der Waals surface area contributed by atoms with Gasteiger partial charge in [-0.1, -0.05) is 18.2 Å². The molecule has 3 aromatic carbocycles. The molecule has 1 aliphatic rings. The molecule has 210 valence electrons. The van der Waals surface area contributed by atoms with Gasteiger partial charge in [0.2, 0.25) is 5.17 Å². The number of rotatable bonds is 7. The van der Waals surface area contributed by atoms with Crippen LogP contribution in [0.2, 0.25) is 0 Å². The minimum absolute atomic E-state index is 0.0724. The van der Waals surface area contributed by atoms with E-state index < -0.39 is 21.3 Å². The number of anilines is 1. The van der Waals surface area contributed by atoms with Crippen LogP contribution in [0.4, 0.5) is 17.1 Å². The standard InChI is InChI=1S/C28H21N7O6S/c1-18-25(27(37)33(31(18)2)21-6-4-3-5-7-21)32-26(36)24(16-19-8-12-22(13-9-19)34(38)39)42-28(32)30-29-17-20-10-14-23(15-11-20)35(40)41/h3-17H,1-2H3. The summed E-state index contributed by atoms with van der Waals surface area (Å²) in [6, 6.07) is 20.3. The Morgan fingerprint density at radius 2 is 1.40 bits per heavy atom. The molecular formula is C28H21N7O6S. The average molecular weight is 584 g/mol. The van der Waals surface area contributed by atoms with Crippen LogP contribution in [0.15, 0.2) is 98.8 Å². The van der Waals surface area contributed by atoms with Crippen LogP contribution >= 0.6 is 11.8 Å². The predicted molar refractivity (Wildman–Crippen MR) is 160 cm³/mol. The SMILES string of the molecule is Cc1c(N2C(=O)C(=Cc3ccc([N+](=O)[O-])cc3)SC2=NN=Cc2ccc([N+](=O)[O-])cc2)c(=O)n(-c2ccccc2)n1C. The highest BCUT2D eigenvalue weighted by Gasteiger charge is 2.39. The summed E-state index contributed by atoms with van der Waals surface area (Å²) in [5.41, 5.74) is 1.67. The van der Waals surface area contributed by atoms with E-state index in [2.05, 4.69) is 10.2 Å². The smallest absolute Gasteiger partial charge is 0.283 e. The summed E-state index contributed by atoms with van der Waals surface area (Å²) < 4.78 is 3.08. The Labute approximate surface area is 242 Å². The molecule has 0 spiro atoms. The number of thioether (sulfide) groups is 1. The van der Waals surface area contributed by atoms with Crippen LogP contribution in [0.25, 0.3) is 11.8 Å². The van der Waals surface area contributed by atoms with E-state index in [-0.39, 0.29) is 27.1 Å². The maximum Gasteiger partial charge on any atom is 0.296 e. The maximum absolute atomic E-state index is 13.8. The Bertz CT molecular complexity index is 1860. The van der Waals surface area contributed by atoms with E-state index in [1.165, 1.54) is 64.3 Å². The molecule has 0 atom stereocenters. The van der Waals surface area contributed by atoms with E-state index in [1.54, 1.807) is 49.0 Å². The van der Waals surface area contributed by atoms with Crippen LogP contribution in [0.5, 0.6) is 0 Å². The maximum atomic E-state index is 13.8. The molecule has 2 heterocycles. The van der Waals surface area contributed by atoms with Crippen LogP contribution in [0.3, 0.4) is 0 Å². The summed E-state index contributed by atoms with van der Waals surface area (Å²) in [5.74, 6) is -0.520. The molecule has 0 aliphatic carbocycles. The van der Waals surface area contributed by atoms with Crippen molar-refractivity contribution in [1.82, 2.24) is 9.36 Å². The lowest BCUT2D eigenvalue weighted by Gasteiger charge is -2.12. The number of carbonyl (C=O) groups is 1. The van der Waals surface area contributed by atoms with Crippen molar-refractivity contribution in [1.29, 1.82) is 0 Å². The average Bonchev–Trinajstić information content (AvgIpc) is 3.39. The van der Waals surface area contributed by atoms with Crippen molar-refractivity contribution >= 4 is 52.2 Å². The van der Waals surface area contributed by atoms with Crippen molar-refractivity contribution < 1.29 is 14.6 Å². The van der Waals surface area contributed by atoms with E-state index in [0.717, 1.165) is 11.8 Å². The van der Waals surface area contributed by atoms with Gasteiger partial charge in [-0.15, -0.1) is 5.10 Å². The van der Waals surface area contributed by atoms with Gasteiger partial charge in [0.15, 0.2) is 0 Å². The molecule has 1 amide bonds. The lowest BCUT2D eigenvalue weighted by Crippen LogP contribution is -2.33. The number of aromatic nitrogens is 2. The van der Waals surface area contributed by atoms with Gasteiger partial charge in [-0.3, -0.25) is 34.5 Å². The fraction of sp³-hybridized carbons (Fsp3) is 0.0714. The van der Waals surface area contributed by atoms with Crippen molar-refractivity contribution in [3.63, 3.8) is 0 Å². The van der Waals surface area contributed by atoms with E-state index in [0.29, 0.717) is 22.5 Å². The molecule has 5 rings (SSSR count). The molecule has 0 bridgehead atoms. The lowest BCUT2D eigenvalue weighted by molar-refractivity contribution is -0.385. The third-order valence-corrected chi connectivity index (χ3v) is 7.37. The van der Waals surface area contributed by atoms with Gasteiger partial charge in [-0.2, -0.15) is 5.10 Å². The number of amides is 1. The van der Waals surface area contributed by atoms with Gasteiger partial charge in [0.05, 0.1) is 32.3 Å². The van der Waals surface area contributed by atoms with Gasteiger partial charge in [0, 0.05) is 31.3 Å². The number of hydrogen-bond acceptors (Lipinski definition) is 9. The van der Waals surface area contributed by atoms with E-state index in [4.69, 9.17) is 0 Å². The first kappa shape index (κ1) is 27.9. The molecule has 0 N–H and O–H groups in total. The zero-order chi connectivity index (χ0) is 30.0. The van der Waals surface area contributed by atoms with Crippen LogP contribution in [-0.2, 0) is 11.8 Å². The van der Waals surface area contributed by atoms with Crippen LogP contribution in [-0.4, -0.2) is 36.5 Å². The summed E-state index contributed by atoms with van der Waals surface area (Å²) in [5, 5.41) is 30.4. The molecule has 1 aliphatic heterocycles. The highest BCUT2D eigenvalue weighted by molar-refractivity contribution is 8.19. The molecule has 4 aromatic rings. The quantitative estimate of drug-likeness (QED) is 0.131. The number of non-ortho nitro benzene ring substituents is 2. The first-order chi connectivity index (χ1) is 20.2. The molecule has 14 heteroatoms.